The Bertz CT molecular complexity index is 431. The van der Waals surface area contributed by atoms with Gasteiger partial charge in [-0.25, -0.2) is 0 Å². The van der Waals surface area contributed by atoms with Crippen LogP contribution in [0.2, 0.25) is 0 Å². The molecule has 1 aromatic carbocycles. The molecule has 0 unspecified atom stereocenters. The molecule has 18 heavy (non-hydrogen) atoms. The maximum absolute atomic E-state index is 5.49. The SMILES string of the molecule is COc1cc(C)c(C2(CS)COC2)cc1C(C)C. The molecule has 100 valence electrons. The minimum Gasteiger partial charge on any atom is -0.496 e. The van der Waals surface area contributed by atoms with Crippen molar-refractivity contribution in [2.24, 2.45) is 0 Å². The fraction of sp³-hybridized carbons (Fsp3) is 0.600. The van der Waals surface area contributed by atoms with E-state index in [1.54, 1.807) is 7.11 Å². The first-order valence-corrected chi connectivity index (χ1v) is 7.05. The van der Waals surface area contributed by atoms with Crippen molar-refractivity contribution < 1.29 is 9.47 Å². The van der Waals surface area contributed by atoms with Crippen molar-refractivity contribution in [2.75, 3.05) is 26.1 Å². The molecule has 0 atom stereocenters. The molecule has 0 bridgehead atoms. The highest BCUT2D eigenvalue weighted by Crippen LogP contribution is 2.39. The van der Waals surface area contributed by atoms with Gasteiger partial charge in [-0.2, -0.15) is 12.6 Å². The Balaban J connectivity index is 2.51. The van der Waals surface area contributed by atoms with Crippen molar-refractivity contribution in [3.05, 3.63) is 28.8 Å². The van der Waals surface area contributed by atoms with E-state index in [-0.39, 0.29) is 5.41 Å². The number of ether oxygens (including phenoxy) is 2. The molecule has 2 rings (SSSR count). The van der Waals surface area contributed by atoms with E-state index in [1.165, 1.54) is 16.7 Å². The number of methoxy groups -OCH3 is 1. The van der Waals surface area contributed by atoms with Crippen LogP contribution in [0.4, 0.5) is 0 Å². The molecule has 1 aromatic rings. The maximum atomic E-state index is 5.49. The summed E-state index contributed by atoms with van der Waals surface area (Å²) in [6.45, 7) is 8.09. The molecular formula is C15H22O2S. The van der Waals surface area contributed by atoms with E-state index in [9.17, 15) is 0 Å². The van der Waals surface area contributed by atoms with Gasteiger partial charge in [0, 0.05) is 5.75 Å². The van der Waals surface area contributed by atoms with Crippen LogP contribution < -0.4 is 4.74 Å². The summed E-state index contributed by atoms with van der Waals surface area (Å²) in [6.07, 6.45) is 0. The summed E-state index contributed by atoms with van der Waals surface area (Å²) in [4.78, 5) is 0. The lowest BCUT2D eigenvalue weighted by atomic mass is 9.77. The number of benzene rings is 1. The second-order valence-electron chi connectivity index (χ2n) is 5.50. The van der Waals surface area contributed by atoms with E-state index in [0.29, 0.717) is 5.92 Å². The number of hydrogen-bond donors (Lipinski definition) is 1. The maximum Gasteiger partial charge on any atom is 0.122 e. The predicted molar refractivity (Wildman–Crippen MR) is 78.2 cm³/mol. The normalized spacial score (nSPS) is 17.7. The third-order valence-corrected chi connectivity index (χ3v) is 4.43. The van der Waals surface area contributed by atoms with Crippen LogP contribution in [0, 0.1) is 6.92 Å². The summed E-state index contributed by atoms with van der Waals surface area (Å²) < 4.78 is 10.9. The molecule has 1 aliphatic rings. The predicted octanol–water partition coefficient (Wildman–Crippen LogP) is 3.32. The summed E-state index contributed by atoms with van der Waals surface area (Å²) in [7, 11) is 1.74. The largest absolute Gasteiger partial charge is 0.496 e. The van der Waals surface area contributed by atoms with Gasteiger partial charge in [-0.15, -0.1) is 0 Å². The molecule has 1 saturated heterocycles. The van der Waals surface area contributed by atoms with Crippen LogP contribution in [0.3, 0.4) is 0 Å². The Morgan fingerprint density at radius 3 is 2.44 bits per heavy atom. The van der Waals surface area contributed by atoms with Gasteiger partial charge in [0.25, 0.3) is 0 Å². The Kier molecular flexibility index (Phi) is 3.93. The van der Waals surface area contributed by atoms with Gasteiger partial charge in [0.2, 0.25) is 0 Å². The first-order chi connectivity index (χ1) is 8.54. The average molecular weight is 266 g/mol. The molecule has 2 nitrogen and oxygen atoms in total. The molecule has 0 spiro atoms. The second-order valence-corrected chi connectivity index (χ2v) is 5.81. The van der Waals surface area contributed by atoms with Gasteiger partial charge in [-0.05, 0) is 35.6 Å². The lowest BCUT2D eigenvalue weighted by molar-refractivity contribution is -0.0474. The lowest BCUT2D eigenvalue weighted by Gasteiger charge is -2.42. The van der Waals surface area contributed by atoms with Crippen molar-refractivity contribution in [1.82, 2.24) is 0 Å². The standard InChI is InChI=1S/C15H22O2S/c1-10(2)12-6-13(11(3)5-14(12)16-4)15(9-18)7-17-8-15/h5-6,10,18H,7-9H2,1-4H3. The molecule has 3 heteroatoms. The highest BCUT2D eigenvalue weighted by Gasteiger charge is 2.40. The molecule has 0 N–H and O–H groups in total. The van der Waals surface area contributed by atoms with Crippen LogP contribution in [0.5, 0.6) is 5.75 Å². The fourth-order valence-electron chi connectivity index (χ4n) is 2.58. The monoisotopic (exact) mass is 266 g/mol. The van der Waals surface area contributed by atoms with Gasteiger partial charge >= 0.3 is 0 Å². The second kappa shape index (κ2) is 5.14. The first-order valence-electron chi connectivity index (χ1n) is 6.41. The van der Waals surface area contributed by atoms with Crippen molar-refractivity contribution in [3.63, 3.8) is 0 Å². The summed E-state index contributed by atoms with van der Waals surface area (Å²) >= 11 is 4.51. The molecule has 0 aliphatic carbocycles. The third kappa shape index (κ3) is 2.14. The van der Waals surface area contributed by atoms with Gasteiger partial charge in [0.1, 0.15) is 5.75 Å². The van der Waals surface area contributed by atoms with Crippen LogP contribution in [0.25, 0.3) is 0 Å². The van der Waals surface area contributed by atoms with Crippen LogP contribution >= 0.6 is 12.6 Å². The summed E-state index contributed by atoms with van der Waals surface area (Å²) in [5, 5.41) is 0. The number of rotatable bonds is 4. The van der Waals surface area contributed by atoms with E-state index in [0.717, 1.165) is 24.7 Å². The fourth-order valence-corrected chi connectivity index (χ4v) is 2.93. The zero-order chi connectivity index (χ0) is 13.3. The van der Waals surface area contributed by atoms with Crippen LogP contribution in [0.15, 0.2) is 12.1 Å². The van der Waals surface area contributed by atoms with Gasteiger partial charge in [-0.3, -0.25) is 0 Å². The van der Waals surface area contributed by atoms with Crippen LogP contribution in [0.1, 0.15) is 36.5 Å². The minimum absolute atomic E-state index is 0.100. The minimum atomic E-state index is 0.100. The average Bonchev–Trinajstić information content (AvgIpc) is 2.29. The summed E-state index contributed by atoms with van der Waals surface area (Å²) in [5.74, 6) is 2.27. The molecule has 1 aliphatic heterocycles. The van der Waals surface area contributed by atoms with E-state index in [2.05, 4.69) is 45.5 Å². The lowest BCUT2D eigenvalue weighted by Crippen LogP contribution is -2.49. The van der Waals surface area contributed by atoms with Crippen molar-refractivity contribution >= 4 is 12.6 Å². The quantitative estimate of drug-likeness (QED) is 0.843. The van der Waals surface area contributed by atoms with Crippen LogP contribution in [-0.4, -0.2) is 26.1 Å². The molecule has 0 aromatic heterocycles. The Labute approximate surface area is 115 Å². The number of thiol groups is 1. The Hall–Kier alpha value is -0.670. The zero-order valence-corrected chi connectivity index (χ0v) is 12.5. The highest BCUT2D eigenvalue weighted by molar-refractivity contribution is 7.80. The highest BCUT2D eigenvalue weighted by atomic mass is 32.1. The van der Waals surface area contributed by atoms with E-state index in [1.807, 2.05) is 0 Å². The Morgan fingerprint density at radius 1 is 1.39 bits per heavy atom. The molecule has 0 amide bonds. The number of hydrogen-bond acceptors (Lipinski definition) is 3. The van der Waals surface area contributed by atoms with Crippen molar-refractivity contribution in [1.29, 1.82) is 0 Å². The van der Waals surface area contributed by atoms with E-state index >= 15 is 0 Å². The zero-order valence-electron chi connectivity index (χ0n) is 11.6. The van der Waals surface area contributed by atoms with Gasteiger partial charge in [0.15, 0.2) is 0 Å². The topological polar surface area (TPSA) is 18.5 Å². The number of aryl methyl sites for hydroxylation is 1. The van der Waals surface area contributed by atoms with Crippen molar-refractivity contribution in [2.45, 2.75) is 32.1 Å². The molecule has 1 heterocycles. The molecule has 0 saturated carbocycles. The van der Waals surface area contributed by atoms with Gasteiger partial charge in [-0.1, -0.05) is 19.9 Å². The summed E-state index contributed by atoms with van der Waals surface area (Å²) in [5.41, 5.74) is 4.01. The van der Waals surface area contributed by atoms with Crippen molar-refractivity contribution in [3.8, 4) is 5.75 Å². The Morgan fingerprint density at radius 2 is 2.06 bits per heavy atom. The van der Waals surface area contributed by atoms with E-state index in [4.69, 9.17) is 9.47 Å². The van der Waals surface area contributed by atoms with E-state index < -0.39 is 0 Å². The van der Waals surface area contributed by atoms with Gasteiger partial charge < -0.3 is 9.47 Å². The van der Waals surface area contributed by atoms with Gasteiger partial charge in [0.05, 0.1) is 25.7 Å². The smallest absolute Gasteiger partial charge is 0.122 e. The molecular weight excluding hydrogens is 244 g/mol. The van der Waals surface area contributed by atoms with Crippen LogP contribution in [-0.2, 0) is 10.2 Å². The summed E-state index contributed by atoms with van der Waals surface area (Å²) in [6, 6.07) is 4.44. The first kappa shape index (κ1) is 13.8. The molecule has 1 fully saturated rings. The third-order valence-electron chi connectivity index (χ3n) is 3.83. The molecule has 0 radical (unpaired) electrons.